The van der Waals surface area contributed by atoms with Crippen LogP contribution in [-0.4, -0.2) is 59.1 Å². The van der Waals surface area contributed by atoms with Crippen LogP contribution in [0.5, 0.6) is 0 Å². The van der Waals surface area contributed by atoms with Gasteiger partial charge < -0.3 is 5.11 Å². The molecule has 0 aromatic rings. The molecular weight excluding hydrogens is 216 g/mol. The molecule has 0 bridgehead atoms. The summed E-state index contributed by atoms with van der Waals surface area (Å²) < 4.78 is 0. The molecule has 0 radical (unpaired) electrons. The van der Waals surface area contributed by atoms with Gasteiger partial charge in [0.15, 0.2) is 0 Å². The van der Waals surface area contributed by atoms with E-state index in [0.29, 0.717) is 6.04 Å². The molecule has 1 atom stereocenters. The van der Waals surface area contributed by atoms with Gasteiger partial charge in [-0.2, -0.15) is 0 Å². The highest BCUT2D eigenvalue weighted by atomic mass is 16.4. The van der Waals surface area contributed by atoms with Crippen molar-refractivity contribution in [2.24, 2.45) is 5.92 Å². The number of likely N-dealkylation sites (tertiary alicyclic amines) is 2. The van der Waals surface area contributed by atoms with Crippen molar-refractivity contribution in [3.8, 4) is 0 Å². The lowest BCUT2D eigenvalue weighted by Crippen LogP contribution is -2.47. The Morgan fingerprint density at radius 1 is 1.00 bits per heavy atom. The topological polar surface area (TPSA) is 43.8 Å². The van der Waals surface area contributed by atoms with Gasteiger partial charge in [-0.05, 0) is 45.2 Å². The third-order valence-electron chi connectivity index (χ3n) is 4.83. The van der Waals surface area contributed by atoms with E-state index in [2.05, 4.69) is 9.80 Å². The Hall–Kier alpha value is -0.610. The van der Waals surface area contributed by atoms with Gasteiger partial charge >= 0.3 is 5.97 Å². The number of nitrogens with zero attached hydrogens (tertiary/aromatic N) is 2. The van der Waals surface area contributed by atoms with E-state index < -0.39 is 5.97 Å². The Labute approximate surface area is 103 Å². The van der Waals surface area contributed by atoms with E-state index in [-0.39, 0.29) is 5.92 Å². The van der Waals surface area contributed by atoms with Gasteiger partial charge in [-0.15, -0.1) is 0 Å². The molecule has 96 valence electrons. The SMILES string of the molecule is O=C(O)C1CC(N2CCC(N3CCCC3)C2)C1. The molecule has 1 N–H and O–H groups in total. The largest absolute Gasteiger partial charge is 0.481 e. The third-order valence-corrected chi connectivity index (χ3v) is 4.83. The lowest BCUT2D eigenvalue weighted by atomic mass is 9.79. The summed E-state index contributed by atoms with van der Waals surface area (Å²) in [4.78, 5) is 16.0. The minimum atomic E-state index is -0.600. The van der Waals surface area contributed by atoms with E-state index in [1.165, 1.54) is 45.4 Å². The molecule has 1 saturated carbocycles. The van der Waals surface area contributed by atoms with Crippen LogP contribution in [0.15, 0.2) is 0 Å². The number of hydrogen-bond acceptors (Lipinski definition) is 3. The second-order valence-electron chi connectivity index (χ2n) is 5.84. The number of carbonyl (C=O) groups is 1. The number of aliphatic carboxylic acids is 1. The van der Waals surface area contributed by atoms with Crippen LogP contribution in [0.1, 0.15) is 32.1 Å². The van der Waals surface area contributed by atoms with E-state index in [9.17, 15) is 4.79 Å². The number of hydrogen-bond donors (Lipinski definition) is 1. The van der Waals surface area contributed by atoms with Crippen LogP contribution < -0.4 is 0 Å². The molecule has 0 amide bonds. The van der Waals surface area contributed by atoms with Crippen molar-refractivity contribution < 1.29 is 9.90 Å². The summed E-state index contributed by atoms with van der Waals surface area (Å²) in [5, 5.41) is 8.89. The predicted molar refractivity (Wildman–Crippen MR) is 64.9 cm³/mol. The number of carboxylic acids is 1. The highest BCUT2D eigenvalue weighted by Crippen LogP contribution is 2.34. The van der Waals surface area contributed by atoms with Crippen molar-refractivity contribution >= 4 is 5.97 Å². The first-order valence-corrected chi connectivity index (χ1v) is 6.95. The molecule has 0 aromatic carbocycles. The molecular formula is C13H22N2O2. The maximum atomic E-state index is 10.8. The zero-order valence-corrected chi connectivity index (χ0v) is 10.3. The van der Waals surface area contributed by atoms with E-state index in [0.717, 1.165) is 18.9 Å². The van der Waals surface area contributed by atoms with Crippen molar-refractivity contribution in [3.05, 3.63) is 0 Å². The van der Waals surface area contributed by atoms with Gasteiger partial charge in [0.25, 0.3) is 0 Å². The number of carboxylic acid groups (broad SMARTS) is 1. The minimum Gasteiger partial charge on any atom is -0.481 e. The van der Waals surface area contributed by atoms with Gasteiger partial charge in [-0.3, -0.25) is 14.6 Å². The summed E-state index contributed by atoms with van der Waals surface area (Å²) in [6.07, 6.45) is 5.76. The average Bonchev–Trinajstić information content (AvgIpc) is 2.82. The molecule has 2 saturated heterocycles. The Balaban J connectivity index is 1.47. The maximum Gasteiger partial charge on any atom is 0.306 e. The molecule has 3 rings (SSSR count). The van der Waals surface area contributed by atoms with Crippen molar-refractivity contribution in [2.75, 3.05) is 26.2 Å². The molecule has 1 aliphatic carbocycles. The molecule has 0 spiro atoms. The summed E-state index contributed by atoms with van der Waals surface area (Å²) in [6.45, 7) is 4.91. The normalized spacial score (nSPS) is 39.4. The van der Waals surface area contributed by atoms with Crippen LogP contribution >= 0.6 is 0 Å². The van der Waals surface area contributed by atoms with E-state index >= 15 is 0 Å². The first-order valence-electron chi connectivity index (χ1n) is 6.95. The lowest BCUT2D eigenvalue weighted by molar-refractivity contribution is -0.146. The van der Waals surface area contributed by atoms with Crippen molar-refractivity contribution in [2.45, 2.75) is 44.2 Å². The van der Waals surface area contributed by atoms with E-state index in [1.54, 1.807) is 0 Å². The van der Waals surface area contributed by atoms with Crippen LogP contribution in [0.25, 0.3) is 0 Å². The molecule has 3 aliphatic rings. The first kappa shape index (κ1) is 11.5. The average molecular weight is 238 g/mol. The smallest absolute Gasteiger partial charge is 0.306 e. The maximum absolute atomic E-state index is 10.8. The lowest BCUT2D eigenvalue weighted by Gasteiger charge is -2.39. The summed E-state index contributed by atoms with van der Waals surface area (Å²) in [6, 6.07) is 1.31. The third kappa shape index (κ3) is 2.20. The van der Waals surface area contributed by atoms with Gasteiger partial charge in [0, 0.05) is 25.2 Å². The highest BCUT2D eigenvalue weighted by Gasteiger charge is 2.41. The summed E-state index contributed by atoms with van der Waals surface area (Å²) in [5.74, 6) is -0.664. The molecule has 4 nitrogen and oxygen atoms in total. The minimum absolute atomic E-state index is 0.0640. The van der Waals surface area contributed by atoms with Gasteiger partial charge in [0.1, 0.15) is 0 Å². The van der Waals surface area contributed by atoms with Crippen LogP contribution in [0.3, 0.4) is 0 Å². The van der Waals surface area contributed by atoms with E-state index in [4.69, 9.17) is 5.11 Å². The zero-order chi connectivity index (χ0) is 11.8. The van der Waals surface area contributed by atoms with Gasteiger partial charge in [0.2, 0.25) is 0 Å². The monoisotopic (exact) mass is 238 g/mol. The van der Waals surface area contributed by atoms with Crippen LogP contribution in [0.4, 0.5) is 0 Å². The van der Waals surface area contributed by atoms with Gasteiger partial charge in [-0.1, -0.05) is 0 Å². The van der Waals surface area contributed by atoms with Crippen molar-refractivity contribution in [1.82, 2.24) is 9.80 Å². The Morgan fingerprint density at radius 3 is 2.35 bits per heavy atom. The second kappa shape index (κ2) is 4.58. The Kier molecular flexibility index (Phi) is 3.09. The Bertz CT molecular complexity index is 296. The fraction of sp³-hybridized carbons (Fsp3) is 0.923. The molecule has 3 fully saturated rings. The van der Waals surface area contributed by atoms with Crippen molar-refractivity contribution in [1.29, 1.82) is 0 Å². The quantitative estimate of drug-likeness (QED) is 0.797. The summed E-state index contributed by atoms with van der Waals surface area (Å²) >= 11 is 0. The predicted octanol–water partition coefficient (Wildman–Crippen LogP) is 1.02. The summed E-state index contributed by atoms with van der Waals surface area (Å²) in [7, 11) is 0. The standard InChI is InChI=1S/C13H22N2O2/c16-13(17)10-7-12(8-10)15-6-3-11(9-15)14-4-1-2-5-14/h10-12H,1-9H2,(H,16,17). The Morgan fingerprint density at radius 2 is 1.71 bits per heavy atom. The number of rotatable bonds is 3. The molecule has 2 heterocycles. The van der Waals surface area contributed by atoms with Gasteiger partial charge in [-0.25, -0.2) is 0 Å². The van der Waals surface area contributed by atoms with E-state index in [1.807, 2.05) is 0 Å². The zero-order valence-electron chi connectivity index (χ0n) is 10.3. The van der Waals surface area contributed by atoms with Crippen LogP contribution in [-0.2, 0) is 4.79 Å². The molecule has 17 heavy (non-hydrogen) atoms. The molecule has 1 unspecified atom stereocenters. The van der Waals surface area contributed by atoms with Crippen LogP contribution in [0.2, 0.25) is 0 Å². The molecule has 0 aromatic heterocycles. The van der Waals surface area contributed by atoms with Gasteiger partial charge in [0.05, 0.1) is 5.92 Å². The molecule has 2 aliphatic heterocycles. The fourth-order valence-electron chi connectivity index (χ4n) is 3.59. The summed E-state index contributed by atoms with van der Waals surface area (Å²) in [5.41, 5.74) is 0. The fourth-order valence-corrected chi connectivity index (χ4v) is 3.59. The second-order valence-corrected chi connectivity index (χ2v) is 5.84. The van der Waals surface area contributed by atoms with Crippen LogP contribution in [0, 0.1) is 5.92 Å². The highest BCUT2D eigenvalue weighted by molar-refractivity contribution is 5.71. The first-order chi connectivity index (χ1) is 8.24. The molecule has 4 heteroatoms. The van der Waals surface area contributed by atoms with Crippen molar-refractivity contribution in [3.63, 3.8) is 0 Å².